The Bertz CT molecular complexity index is 863. The van der Waals surface area contributed by atoms with Crippen LogP contribution in [-0.2, 0) is 19.6 Å². The summed E-state index contributed by atoms with van der Waals surface area (Å²) < 4.78 is 22.4. The standard InChI is InChI=1S/C16H19N5O4S/c1-12(22)21-8-6-20(7-9-21)11-13(10-17)16(23)19-14-2-4-15(5-3-14)26(18,24)25/h2-5,11H,6-9H2,1H3,(H,19,23)(H2,18,24,25)/b13-11-. The van der Waals surface area contributed by atoms with E-state index >= 15 is 0 Å². The molecule has 0 spiro atoms. The van der Waals surface area contributed by atoms with E-state index in [9.17, 15) is 23.3 Å². The van der Waals surface area contributed by atoms with Crippen molar-refractivity contribution in [1.29, 1.82) is 5.26 Å². The zero-order valence-corrected chi connectivity index (χ0v) is 15.0. The number of anilines is 1. The Morgan fingerprint density at radius 1 is 1.19 bits per heavy atom. The second-order valence-corrected chi connectivity index (χ2v) is 7.28. The second-order valence-electron chi connectivity index (χ2n) is 5.72. The highest BCUT2D eigenvalue weighted by Gasteiger charge is 2.18. The Morgan fingerprint density at radius 3 is 2.23 bits per heavy atom. The molecule has 0 bridgehead atoms. The van der Waals surface area contributed by atoms with Gasteiger partial charge >= 0.3 is 0 Å². The summed E-state index contributed by atoms with van der Waals surface area (Å²) in [6.07, 6.45) is 1.46. The Kier molecular flexibility index (Phi) is 5.97. The van der Waals surface area contributed by atoms with E-state index in [0.717, 1.165) is 0 Å². The molecule has 0 atom stereocenters. The van der Waals surface area contributed by atoms with E-state index in [2.05, 4.69) is 5.32 Å². The number of nitrogens with one attached hydrogen (secondary N) is 1. The molecule has 0 saturated carbocycles. The van der Waals surface area contributed by atoms with Crippen molar-refractivity contribution in [3.63, 3.8) is 0 Å². The third-order valence-corrected chi connectivity index (χ3v) is 4.81. The molecule has 0 aliphatic carbocycles. The SMILES string of the molecule is CC(=O)N1CCN(/C=C(/C#N)C(=O)Nc2ccc(S(N)(=O)=O)cc2)CC1. The van der Waals surface area contributed by atoms with Crippen molar-refractivity contribution in [3.8, 4) is 6.07 Å². The van der Waals surface area contributed by atoms with E-state index in [1.165, 1.54) is 37.4 Å². The first-order valence-electron chi connectivity index (χ1n) is 7.76. The zero-order chi connectivity index (χ0) is 19.3. The van der Waals surface area contributed by atoms with Crippen LogP contribution >= 0.6 is 0 Å². The molecule has 138 valence electrons. The molecular formula is C16H19N5O4S. The minimum absolute atomic E-state index is 0.00480. The minimum atomic E-state index is -3.81. The summed E-state index contributed by atoms with van der Waals surface area (Å²) in [5, 5.41) is 16.8. The largest absolute Gasteiger partial charge is 0.373 e. The van der Waals surface area contributed by atoms with Crippen LogP contribution < -0.4 is 10.5 Å². The summed E-state index contributed by atoms with van der Waals surface area (Å²) in [7, 11) is -3.81. The van der Waals surface area contributed by atoms with E-state index < -0.39 is 15.9 Å². The van der Waals surface area contributed by atoms with Crippen LogP contribution in [0.15, 0.2) is 40.9 Å². The molecule has 0 radical (unpaired) electrons. The van der Waals surface area contributed by atoms with E-state index in [4.69, 9.17) is 5.14 Å². The monoisotopic (exact) mass is 377 g/mol. The maximum Gasteiger partial charge on any atom is 0.267 e. The highest BCUT2D eigenvalue weighted by molar-refractivity contribution is 7.89. The quantitative estimate of drug-likeness (QED) is 0.553. The average Bonchev–Trinajstić information content (AvgIpc) is 2.59. The molecular weight excluding hydrogens is 358 g/mol. The van der Waals surface area contributed by atoms with Crippen molar-refractivity contribution >= 4 is 27.5 Å². The molecule has 10 heteroatoms. The van der Waals surface area contributed by atoms with Gasteiger partial charge in [0.1, 0.15) is 11.6 Å². The summed E-state index contributed by atoms with van der Waals surface area (Å²) in [6, 6.07) is 7.16. The first-order valence-corrected chi connectivity index (χ1v) is 9.31. The molecule has 1 aliphatic heterocycles. The van der Waals surface area contributed by atoms with Crippen molar-refractivity contribution in [2.24, 2.45) is 5.14 Å². The lowest BCUT2D eigenvalue weighted by atomic mass is 10.2. The predicted molar refractivity (Wildman–Crippen MR) is 94.0 cm³/mol. The van der Waals surface area contributed by atoms with E-state index in [0.29, 0.717) is 31.9 Å². The number of carbonyl (C=O) groups is 2. The summed E-state index contributed by atoms with van der Waals surface area (Å²) in [4.78, 5) is 27.0. The molecule has 0 unspecified atom stereocenters. The van der Waals surface area contributed by atoms with E-state index in [-0.39, 0.29) is 16.4 Å². The number of carbonyl (C=O) groups excluding carboxylic acids is 2. The topological polar surface area (TPSA) is 137 Å². The summed E-state index contributed by atoms with van der Waals surface area (Å²) in [6.45, 7) is 3.62. The Labute approximate surface area is 151 Å². The lowest BCUT2D eigenvalue weighted by molar-refractivity contribution is -0.130. The van der Waals surface area contributed by atoms with Gasteiger partial charge in [-0.2, -0.15) is 5.26 Å². The summed E-state index contributed by atoms with van der Waals surface area (Å²) in [5.41, 5.74) is 0.252. The number of nitriles is 1. The van der Waals surface area contributed by atoms with E-state index in [1.807, 2.05) is 11.0 Å². The maximum absolute atomic E-state index is 12.2. The first-order chi connectivity index (χ1) is 12.2. The number of hydrogen-bond donors (Lipinski definition) is 2. The smallest absolute Gasteiger partial charge is 0.267 e. The molecule has 1 heterocycles. The van der Waals surface area contributed by atoms with Crippen molar-refractivity contribution in [3.05, 3.63) is 36.0 Å². The highest BCUT2D eigenvalue weighted by Crippen LogP contribution is 2.14. The van der Waals surface area contributed by atoms with Gasteiger partial charge in [-0.15, -0.1) is 0 Å². The number of hydrogen-bond acceptors (Lipinski definition) is 6. The fourth-order valence-electron chi connectivity index (χ4n) is 2.41. The van der Waals surface area contributed by atoms with E-state index in [1.54, 1.807) is 4.90 Å². The third-order valence-electron chi connectivity index (χ3n) is 3.88. The molecule has 1 aromatic carbocycles. The van der Waals surface area contributed by atoms with Crippen LogP contribution in [-0.4, -0.2) is 56.2 Å². The van der Waals surface area contributed by atoms with Gasteiger partial charge in [0.2, 0.25) is 15.9 Å². The lowest BCUT2D eigenvalue weighted by Gasteiger charge is -2.33. The average molecular weight is 377 g/mol. The van der Waals surface area contributed by atoms with Crippen LogP contribution in [0.1, 0.15) is 6.92 Å². The number of rotatable bonds is 4. The lowest BCUT2D eigenvalue weighted by Crippen LogP contribution is -2.46. The molecule has 2 rings (SSSR count). The number of nitrogens with two attached hydrogens (primary N) is 1. The van der Waals surface area contributed by atoms with Gasteiger partial charge in [0.15, 0.2) is 0 Å². The summed E-state index contributed by atoms with van der Waals surface area (Å²) in [5.74, 6) is -0.611. The van der Waals surface area contributed by atoms with Gasteiger partial charge in [-0.1, -0.05) is 0 Å². The van der Waals surface area contributed by atoms with Crippen LogP contribution in [0, 0.1) is 11.3 Å². The Balaban J connectivity index is 2.03. The fourth-order valence-corrected chi connectivity index (χ4v) is 2.93. The molecule has 1 fully saturated rings. The molecule has 1 saturated heterocycles. The predicted octanol–water partition coefficient (Wildman–Crippen LogP) is -0.156. The van der Waals surface area contributed by atoms with Crippen LogP contribution in [0.2, 0.25) is 0 Å². The van der Waals surface area contributed by atoms with Gasteiger partial charge in [-0.25, -0.2) is 13.6 Å². The maximum atomic E-state index is 12.2. The normalized spacial score (nSPS) is 15.3. The number of amides is 2. The number of nitrogens with zero attached hydrogens (tertiary/aromatic N) is 3. The van der Waals surface area contributed by atoms with Gasteiger partial charge in [-0.05, 0) is 24.3 Å². The van der Waals surface area contributed by atoms with Gasteiger partial charge in [0, 0.05) is 45.0 Å². The van der Waals surface area contributed by atoms with Crippen LogP contribution in [0.5, 0.6) is 0 Å². The minimum Gasteiger partial charge on any atom is -0.373 e. The Hall–Kier alpha value is -2.90. The molecule has 26 heavy (non-hydrogen) atoms. The molecule has 3 N–H and O–H groups in total. The molecule has 1 aliphatic rings. The molecule has 1 aromatic rings. The van der Waals surface area contributed by atoms with Gasteiger partial charge in [0.25, 0.3) is 5.91 Å². The van der Waals surface area contributed by atoms with Gasteiger partial charge in [-0.3, -0.25) is 9.59 Å². The summed E-state index contributed by atoms with van der Waals surface area (Å²) >= 11 is 0. The fraction of sp³-hybridized carbons (Fsp3) is 0.312. The van der Waals surface area contributed by atoms with Crippen molar-refractivity contribution in [2.45, 2.75) is 11.8 Å². The third kappa shape index (κ3) is 5.05. The highest BCUT2D eigenvalue weighted by atomic mass is 32.2. The zero-order valence-electron chi connectivity index (χ0n) is 14.2. The number of benzene rings is 1. The van der Waals surface area contributed by atoms with Gasteiger partial charge < -0.3 is 15.1 Å². The van der Waals surface area contributed by atoms with Crippen molar-refractivity contribution in [2.75, 3.05) is 31.5 Å². The number of primary sulfonamides is 1. The van der Waals surface area contributed by atoms with Crippen LogP contribution in [0.25, 0.3) is 0 Å². The van der Waals surface area contributed by atoms with Gasteiger partial charge in [0.05, 0.1) is 4.90 Å². The Morgan fingerprint density at radius 2 is 1.77 bits per heavy atom. The van der Waals surface area contributed by atoms with Crippen molar-refractivity contribution < 1.29 is 18.0 Å². The molecule has 0 aromatic heterocycles. The second kappa shape index (κ2) is 7.99. The van der Waals surface area contributed by atoms with Crippen LogP contribution in [0.4, 0.5) is 5.69 Å². The molecule has 9 nitrogen and oxygen atoms in total. The van der Waals surface area contributed by atoms with Crippen LogP contribution in [0.3, 0.4) is 0 Å². The molecule has 2 amide bonds. The van der Waals surface area contributed by atoms with Crippen molar-refractivity contribution in [1.82, 2.24) is 9.80 Å². The number of sulfonamides is 1. The first kappa shape index (κ1) is 19.4. The number of piperazine rings is 1.